The maximum atomic E-state index is 13.0. The van der Waals surface area contributed by atoms with Crippen LogP contribution in [0.2, 0.25) is 0 Å². The second kappa shape index (κ2) is 13.5. The van der Waals surface area contributed by atoms with Gasteiger partial charge >= 0.3 is 5.97 Å². The zero-order chi connectivity index (χ0) is 29.6. The number of nitrogens with one attached hydrogen (secondary N) is 2. The van der Waals surface area contributed by atoms with Gasteiger partial charge in [0.15, 0.2) is 23.3 Å². The van der Waals surface area contributed by atoms with Gasteiger partial charge in [-0.3, -0.25) is 19.3 Å². The largest absolute Gasteiger partial charge is 0.477 e. The number of thiazole rings is 1. The zero-order valence-corrected chi connectivity index (χ0v) is 24.8. The van der Waals surface area contributed by atoms with Crippen LogP contribution in [0.5, 0.6) is 0 Å². The van der Waals surface area contributed by atoms with Crippen LogP contribution in [-0.4, -0.2) is 74.7 Å². The smallest absolute Gasteiger partial charge is 0.352 e. The highest BCUT2D eigenvalue weighted by Crippen LogP contribution is 2.40. The number of aliphatic carboxylic acids is 1. The van der Waals surface area contributed by atoms with Crippen LogP contribution in [0.3, 0.4) is 0 Å². The number of hydrogen-bond donors (Lipinski definition) is 4. The number of rotatable bonds is 12. The average molecular weight is 626 g/mol. The Morgan fingerprint density at radius 1 is 1.21 bits per heavy atom. The number of carbonyl (C=O) groups is 4. The number of para-hydroxylation sites is 1. The maximum absolute atomic E-state index is 13.0. The van der Waals surface area contributed by atoms with Gasteiger partial charge in [0.2, 0.25) is 5.91 Å². The maximum Gasteiger partial charge on any atom is 0.352 e. The van der Waals surface area contributed by atoms with E-state index >= 15 is 0 Å². The summed E-state index contributed by atoms with van der Waals surface area (Å²) in [6.07, 6.45) is 7.76. The van der Waals surface area contributed by atoms with E-state index < -0.39 is 23.3 Å². The van der Waals surface area contributed by atoms with E-state index in [-0.39, 0.29) is 23.3 Å². The number of thioether (sulfide) groups is 2. The van der Waals surface area contributed by atoms with E-state index in [2.05, 4.69) is 15.6 Å². The van der Waals surface area contributed by atoms with Crippen LogP contribution in [0.25, 0.3) is 10.2 Å². The molecule has 1 fully saturated rings. The number of nitrogens with zero attached hydrogens (tertiary/aromatic N) is 3. The molecule has 1 aromatic carbocycles. The predicted octanol–water partition coefficient (Wildman–Crippen LogP) is 1.75. The molecule has 0 aliphatic carbocycles. The van der Waals surface area contributed by atoms with E-state index in [9.17, 15) is 24.3 Å². The van der Waals surface area contributed by atoms with Crippen LogP contribution in [0.1, 0.15) is 16.8 Å². The summed E-state index contributed by atoms with van der Waals surface area (Å²) >= 11 is 4.22. The molecule has 1 saturated heterocycles. The number of pyridine rings is 1. The highest BCUT2D eigenvalue weighted by molar-refractivity contribution is 8.01. The normalized spacial score (nSPS) is 18.2. The summed E-state index contributed by atoms with van der Waals surface area (Å²) in [7, 11) is 0. The Labute approximate surface area is 254 Å². The fraction of sp³-hybridized carbons (Fsp3) is 0.286. The predicted molar refractivity (Wildman–Crippen MR) is 162 cm³/mol. The lowest BCUT2D eigenvalue weighted by Crippen LogP contribution is -2.70. The van der Waals surface area contributed by atoms with Crippen molar-refractivity contribution in [1.82, 2.24) is 20.5 Å². The quantitative estimate of drug-likeness (QED) is 0.102. The van der Waals surface area contributed by atoms with Crippen LogP contribution in [0, 0.1) is 0 Å². The monoisotopic (exact) mass is 625 g/mol. The van der Waals surface area contributed by atoms with Gasteiger partial charge in [-0.05, 0) is 36.7 Å². The Hall–Kier alpha value is -3.72. The minimum absolute atomic E-state index is 0.0659. The summed E-state index contributed by atoms with van der Waals surface area (Å²) in [6, 6.07) is 10.4. The summed E-state index contributed by atoms with van der Waals surface area (Å²) in [6.45, 7) is 1.47. The van der Waals surface area contributed by atoms with E-state index in [0.29, 0.717) is 42.9 Å². The summed E-state index contributed by atoms with van der Waals surface area (Å²) < 4.78 is 3.65. The van der Waals surface area contributed by atoms with Crippen molar-refractivity contribution in [2.24, 2.45) is 5.73 Å². The number of hydrogen-bond acceptors (Lipinski definition) is 9. The first-order chi connectivity index (χ1) is 20.4. The zero-order valence-electron chi connectivity index (χ0n) is 22.4. The molecule has 2 aliphatic rings. The van der Waals surface area contributed by atoms with Gasteiger partial charge in [-0.15, -0.1) is 23.1 Å². The Kier molecular flexibility index (Phi) is 9.57. The molecule has 2 aliphatic heterocycles. The number of aromatic nitrogens is 2. The number of amides is 3. The molecular formula is C28H29N6O5S3+. The third-order valence-corrected chi connectivity index (χ3v) is 10.1. The van der Waals surface area contributed by atoms with Gasteiger partial charge in [0.05, 0.1) is 21.5 Å². The summed E-state index contributed by atoms with van der Waals surface area (Å²) in [5.41, 5.74) is 7.31. The third kappa shape index (κ3) is 6.67. The van der Waals surface area contributed by atoms with Crippen molar-refractivity contribution < 1.29 is 28.9 Å². The molecule has 0 unspecified atom stereocenters. The Morgan fingerprint density at radius 3 is 2.74 bits per heavy atom. The van der Waals surface area contributed by atoms with Gasteiger partial charge in [0.25, 0.3) is 11.8 Å². The van der Waals surface area contributed by atoms with Crippen molar-refractivity contribution >= 4 is 68.8 Å². The molecule has 5 N–H and O–H groups in total. The van der Waals surface area contributed by atoms with E-state index in [1.54, 1.807) is 30.6 Å². The fourth-order valence-corrected chi connectivity index (χ4v) is 7.68. The number of benzene rings is 1. The molecule has 3 amide bonds. The van der Waals surface area contributed by atoms with Gasteiger partial charge in [0.1, 0.15) is 17.1 Å². The van der Waals surface area contributed by atoms with Crippen LogP contribution < -0.4 is 20.9 Å². The SMILES string of the molecule is NCCCNC(=O)c1cc[n+](CC=CC2=C(C(=O)O)N3C(=O)[C@@H](NC(=O)CSc4nc5ccccc5s4)[C@H]3SC2)cc1. The van der Waals surface area contributed by atoms with Crippen LogP contribution in [-0.2, 0) is 20.9 Å². The van der Waals surface area contributed by atoms with E-state index in [1.165, 1.54) is 39.8 Å². The molecule has 0 bridgehead atoms. The average Bonchev–Trinajstić information content (AvgIpc) is 3.42. The highest BCUT2D eigenvalue weighted by Gasteiger charge is 2.53. The third-order valence-electron chi connectivity index (χ3n) is 6.57. The number of β-lactam (4-membered cyclic amide) rings is 1. The summed E-state index contributed by atoms with van der Waals surface area (Å²) in [5, 5.41) is 15.0. The molecule has 14 heteroatoms. The topological polar surface area (TPSA) is 159 Å². The fourth-order valence-electron chi connectivity index (χ4n) is 4.48. The van der Waals surface area contributed by atoms with Crippen molar-refractivity contribution in [1.29, 1.82) is 0 Å². The Morgan fingerprint density at radius 2 is 2.00 bits per heavy atom. The Balaban J connectivity index is 1.16. The standard InChI is InChI=1S/C28H28N6O5S3/c29-10-4-11-30-24(36)17-8-13-33(14-9-17)12-3-5-18-15-40-26-22(25(37)34(26)23(18)27(38)39)32-21(35)16-41-28-31-19-6-1-2-7-20(19)42-28/h1-3,5-9,13-14,22,26H,4,10-12,15-16,29H2,(H2-,30,32,35,36,38,39)/p+1/t22-,26-/m1/s1. The molecular weight excluding hydrogens is 597 g/mol. The first-order valence-corrected chi connectivity index (χ1v) is 16.0. The summed E-state index contributed by atoms with van der Waals surface area (Å²) in [4.78, 5) is 55.6. The molecule has 0 saturated carbocycles. The molecule has 5 rings (SSSR count). The molecule has 3 aromatic rings. The summed E-state index contributed by atoms with van der Waals surface area (Å²) in [5.74, 6) is -1.62. The van der Waals surface area contributed by atoms with Crippen LogP contribution in [0.15, 0.2) is 76.6 Å². The first-order valence-electron chi connectivity index (χ1n) is 13.2. The van der Waals surface area contributed by atoms with Gasteiger partial charge < -0.3 is 21.5 Å². The van der Waals surface area contributed by atoms with Crippen molar-refractivity contribution in [2.45, 2.75) is 28.7 Å². The van der Waals surface area contributed by atoms with Crippen molar-refractivity contribution in [3.8, 4) is 0 Å². The molecule has 0 spiro atoms. The molecule has 218 valence electrons. The Bertz CT molecular complexity index is 1540. The van der Waals surface area contributed by atoms with Crippen LogP contribution >= 0.6 is 34.9 Å². The number of nitrogens with two attached hydrogens (primary N) is 1. The number of allylic oxidation sites excluding steroid dienone is 2. The van der Waals surface area contributed by atoms with Gasteiger partial charge in [-0.1, -0.05) is 30.0 Å². The van der Waals surface area contributed by atoms with Crippen molar-refractivity contribution in [3.05, 3.63) is 77.8 Å². The lowest BCUT2D eigenvalue weighted by molar-refractivity contribution is -0.687. The van der Waals surface area contributed by atoms with Gasteiger partial charge in [-0.2, -0.15) is 0 Å². The molecule has 4 heterocycles. The highest BCUT2D eigenvalue weighted by atomic mass is 32.2. The number of fused-ring (bicyclic) bond motifs is 2. The molecule has 2 atom stereocenters. The van der Waals surface area contributed by atoms with Gasteiger partial charge in [0, 0.05) is 24.4 Å². The molecule has 42 heavy (non-hydrogen) atoms. The minimum atomic E-state index is -1.19. The lowest BCUT2D eigenvalue weighted by atomic mass is 10.0. The number of carbonyl (C=O) groups excluding carboxylic acids is 3. The minimum Gasteiger partial charge on any atom is -0.477 e. The van der Waals surface area contributed by atoms with E-state index in [4.69, 9.17) is 5.73 Å². The molecule has 2 aromatic heterocycles. The van der Waals surface area contributed by atoms with E-state index in [1.807, 2.05) is 34.9 Å². The van der Waals surface area contributed by atoms with Crippen molar-refractivity contribution in [2.75, 3.05) is 24.6 Å². The van der Waals surface area contributed by atoms with E-state index in [0.717, 1.165) is 14.6 Å². The molecule has 11 nitrogen and oxygen atoms in total. The molecule has 0 radical (unpaired) electrons. The number of carboxylic acids is 1. The van der Waals surface area contributed by atoms with Gasteiger partial charge in [-0.25, -0.2) is 14.3 Å². The number of carboxylic acid groups (broad SMARTS) is 1. The second-order valence-electron chi connectivity index (χ2n) is 9.45. The van der Waals surface area contributed by atoms with Crippen LogP contribution in [0.4, 0.5) is 0 Å². The lowest BCUT2D eigenvalue weighted by Gasteiger charge is -2.49. The van der Waals surface area contributed by atoms with Crippen molar-refractivity contribution in [3.63, 3.8) is 0 Å². The first kappa shape index (κ1) is 29.8. The second-order valence-corrected chi connectivity index (χ2v) is 12.8.